The van der Waals surface area contributed by atoms with E-state index in [1.807, 2.05) is 30.3 Å². The normalized spacial score (nSPS) is 12.4. The zero-order valence-electron chi connectivity index (χ0n) is 11.1. The smallest absolute Gasteiger partial charge is 0.126 e. The second kappa shape index (κ2) is 6.31. The van der Waals surface area contributed by atoms with Crippen LogP contribution in [0.25, 0.3) is 0 Å². The van der Waals surface area contributed by atoms with Gasteiger partial charge in [-0.25, -0.2) is 4.39 Å². The van der Waals surface area contributed by atoms with Gasteiger partial charge in [0, 0.05) is 17.1 Å². The molecule has 0 fully saturated rings. The third-order valence-electron chi connectivity index (χ3n) is 3.21. The topological polar surface area (TPSA) is 12.0 Å². The molecule has 0 aromatic heterocycles. The Hall–Kier alpha value is -1.19. The van der Waals surface area contributed by atoms with Crippen LogP contribution in [-0.4, -0.2) is 0 Å². The molecule has 0 saturated carbocycles. The molecule has 3 heteroatoms. The molecule has 1 N–H and O–H groups in total. The molecule has 2 aromatic rings. The molecule has 0 radical (unpaired) electrons. The Balaban J connectivity index is 2.02. The van der Waals surface area contributed by atoms with E-state index in [-0.39, 0.29) is 11.9 Å². The molecule has 0 heterocycles. The van der Waals surface area contributed by atoms with Crippen molar-refractivity contribution in [3.63, 3.8) is 0 Å². The highest BCUT2D eigenvalue weighted by Crippen LogP contribution is 2.23. The number of halogens is 2. The lowest BCUT2D eigenvalue weighted by molar-refractivity contribution is 0.570. The van der Waals surface area contributed by atoms with Crippen molar-refractivity contribution in [2.45, 2.75) is 26.4 Å². The van der Waals surface area contributed by atoms with E-state index >= 15 is 0 Å². The standard InChI is InChI=1S/C16H17BrFN/c1-11-9-13(7-8-16(11)18)10-19-12(2)14-5-3-4-6-15(14)17/h3-9,12,19H,10H2,1-2H3/t12-/m1/s1. The lowest BCUT2D eigenvalue weighted by Crippen LogP contribution is -2.18. The predicted octanol–water partition coefficient (Wildman–Crippen LogP) is 4.75. The van der Waals surface area contributed by atoms with E-state index in [1.54, 1.807) is 6.92 Å². The average Bonchev–Trinajstić information content (AvgIpc) is 2.40. The van der Waals surface area contributed by atoms with Crippen LogP contribution >= 0.6 is 15.9 Å². The van der Waals surface area contributed by atoms with Crippen molar-refractivity contribution in [2.75, 3.05) is 0 Å². The molecule has 2 aromatic carbocycles. The average molecular weight is 322 g/mol. The molecule has 1 nitrogen and oxygen atoms in total. The van der Waals surface area contributed by atoms with Gasteiger partial charge in [-0.05, 0) is 42.7 Å². The maximum Gasteiger partial charge on any atom is 0.126 e. The van der Waals surface area contributed by atoms with Gasteiger partial charge in [0.1, 0.15) is 5.82 Å². The maximum atomic E-state index is 13.2. The van der Waals surface area contributed by atoms with Gasteiger partial charge in [-0.1, -0.05) is 46.3 Å². The third-order valence-corrected chi connectivity index (χ3v) is 3.93. The molecule has 0 aliphatic rings. The molecule has 19 heavy (non-hydrogen) atoms. The Morgan fingerprint density at radius 3 is 2.63 bits per heavy atom. The summed E-state index contributed by atoms with van der Waals surface area (Å²) in [4.78, 5) is 0. The molecule has 0 spiro atoms. The molecular weight excluding hydrogens is 305 g/mol. The molecule has 100 valence electrons. The molecular formula is C16H17BrFN. The number of hydrogen-bond donors (Lipinski definition) is 1. The van der Waals surface area contributed by atoms with Crippen LogP contribution in [-0.2, 0) is 6.54 Å². The maximum absolute atomic E-state index is 13.2. The molecule has 0 amide bonds. The highest BCUT2D eigenvalue weighted by Gasteiger charge is 2.08. The summed E-state index contributed by atoms with van der Waals surface area (Å²) in [7, 11) is 0. The van der Waals surface area contributed by atoms with Crippen molar-refractivity contribution < 1.29 is 4.39 Å². The highest BCUT2D eigenvalue weighted by atomic mass is 79.9. The van der Waals surface area contributed by atoms with Gasteiger partial charge < -0.3 is 5.32 Å². The van der Waals surface area contributed by atoms with Crippen LogP contribution in [0, 0.1) is 12.7 Å². The molecule has 0 unspecified atom stereocenters. The first-order chi connectivity index (χ1) is 9.08. The van der Waals surface area contributed by atoms with E-state index in [1.165, 1.54) is 11.6 Å². The van der Waals surface area contributed by atoms with Crippen molar-refractivity contribution in [3.05, 3.63) is 69.4 Å². The second-order valence-electron chi connectivity index (χ2n) is 4.71. The zero-order valence-corrected chi connectivity index (χ0v) is 12.7. The van der Waals surface area contributed by atoms with E-state index < -0.39 is 0 Å². The first-order valence-electron chi connectivity index (χ1n) is 6.31. The number of benzene rings is 2. The number of aryl methyl sites for hydroxylation is 1. The summed E-state index contributed by atoms with van der Waals surface area (Å²) < 4.78 is 14.3. The van der Waals surface area contributed by atoms with Gasteiger partial charge in [0.2, 0.25) is 0 Å². The van der Waals surface area contributed by atoms with Gasteiger partial charge in [-0.2, -0.15) is 0 Å². The predicted molar refractivity (Wildman–Crippen MR) is 80.5 cm³/mol. The van der Waals surface area contributed by atoms with Crippen molar-refractivity contribution in [1.29, 1.82) is 0 Å². The fourth-order valence-corrected chi connectivity index (χ4v) is 2.65. The van der Waals surface area contributed by atoms with Crippen LogP contribution in [0.1, 0.15) is 29.7 Å². The summed E-state index contributed by atoms with van der Waals surface area (Å²) in [6.45, 7) is 4.64. The third kappa shape index (κ3) is 3.64. The molecule has 0 bridgehead atoms. The summed E-state index contributed by atoms with van der Waals surface area (Å²) in [5, 5.41) is 3.45. The minimum absolute atomic E-state index is 0.150. The van der Waals surface area contributed by atoms with E-state index in [9.17, 15) is 4.39 Å². The van der Waals surface area contributed by atoms with Gasteiger partial charge in [0.15, 0.2) is 0 Å². The van der Waals surface area contributed by atoms with Gasteiger partial charge in [0.05, 0.1) is 0 Å². The van der Waals surface area contributed by atoms with Gasteiger partial charge in [0.25, 0.3) is 0 Å². The first kappa shape index (κ1) is 14.2. The monoisotopic (exact) mass is 321 g/mol. The van der Waals surface area contributed by atoms with Crippen LogP contribution in [0.2, 0.25) is 0 Å². The van der Waals surface area contributed by atoms with Crippen molar-refractivity contribution in [3.8, 4) is 0 Å². The summed E-state index contributed by atoms with van der Waals surface area (Å²) in [5.41, 5.74) is 3.01. The van der Waals surface area contributed by atoms with Crippen molar-refractivity contribution in [2.24, 2.45) is 0 Å². The lowest BCUT2D eigenvalue weighted by atomic mass is 10.1. The molecule has 2 rings (SSSR count). The SMILES string of the molecule is Cc1cc(CN[C@H](C)c2ccccc2Br)ccc1F. The lowest BCUT2D eigenvalue weighted by Gasteiger charge is -2.16. The second-order valence-corrected chi connectivity index (χ2v) is 5.56. The first-order valence-corrected chi connectivity index (χ1v) is 7.10. The van der Waals surface area contributed by atoms with Crippen molar-refractivity contribution >= 4 is 15.9 Å². The van der Waals surface area contributed by atoms with E-state index in [2.05, 4.69) is 34.2 Å². The Morgan fingerprint density at radius 2 is 1.95 bits per heavy atom. The van der Waals surface area contributed by atoms with Gasteiger partial charge in [-0.3, -0.25) is 0 Å². The summed E-state index contributed by atoms with van der Waals surface area (Å²) in [6, 6.07) is 13.6. The van der Waals surface area contributed by atoms with Gasteiger partial charge in [-0.15, -0.1) is 0 Å². The van der Waals surface area contributed by atoms with Gasteiger partial charge >= 0.3 is 0 Å². The van der Waals surface area contributed by atoms with Crippen LogP contribution in [0.3, 0.4) is 0 Å². The Morgan fingerprint density at radius 1 is 1.21 bits per heavy atom. The van der Waals surface area contributed by atoms with E-state index in [4.69, 9.17) is 0 Å². The molecule has 1 atom stereocenters. The van der Waals surface area contributed by atoms with Crippen LogP contribution in [0.5, 0.6) is 0 Å². The van der Waals surface area contributed by atoms with E-state index in [0.29, 0.717) is 5.56 Å². The molecule has 0 aliphatic heterocycles. The highest BCUT2D eigenvalue weighted by molar-refractivity contribution is 9.10. The molecule has 0 aliphatic carbocycles. The van der Waals surface area contributed by atoms with E-state index in [0.717, 1.165) is 16.6 Å². The summed E-state index contributed by atoms with van der Waals surface area (Å²) in [6.07, 6.45) is 0. The largest absolute Gasteiger partial charge is 0.306 e. The number of rotatable bonds is 4. The number of hydrogen-bond acceptors (Lipinski definition) is 1. The number of nitrogens with one attached hydrogen (secondary N) is 1. The fraction of sp³-hybridized carbons (Fsp3) is 0.250. The fourth-order valence-electron chi connectivity index (χ4n) is 2.02. The van der Waals surface area contributed by atoms with Crippen molar-refractivity contribution in [1.82, 2.24) is 5.32 Å². The minimum atomic E-state index is -0.150. The molecule has 0 saturated heterocycles. The zero-order chi connectivity index (χ0) is 13.8. The quantitative estimate of drug-likeness (QED) is 0.857. The minimum Gasteiger partial charge on any atom is -0.306 e. The summed E-state index contributed by atoms with van der Waals surface area (Å²) >= 11 is 3.55. The Kier molecular flexibility index (Phi) is 4.72. The van der Waals surface area contributed by atoms with Crippen LogP contribution in [0.4, 0.5) is 4.39 Å². The Bertz CT molecular complexity index is 568. The Labute approximate surface area is 122 Å². The summed E-state index contributed by atoms with van der Waals surface area (Å²) in [5.74, 6) is -0.150. The van der Waals surface area contributed by atoms with Crippen LogP contribution < -0.4 is 5.32 Å². The van der Waals surface area contributed by atoms with Crippen LogP contribution in [0.15, 0.2) is 46.9 Å².